The second-order valence-electron chi connectivity index (χ2n) is 13.8. The second kappa shape index (κ2) is 32.2. The van der Waals surface area contributed by atoms with E-state index in [4.69, 9.17) is 14.2 Å². The fourth-order valence-electron chi connectivity index (χ4n) is 5.98. The van der Waals surface area contributed by atoms with Crippen molar-refractivity contribution in [2.45, 2.75) is 194 Å². The molecule has 50 heavy (non-hydrogen) atoms. The zero-order chi connectivity index (χ0) is 36.5. The van der Waals surface area contributed by atoms with Gasteiger partial charge in [-0.1, -0.05) is 143 Å². The number of benzene rings is 1. The van der Waals surface area contributed by atoms with Crippen molar-refractivity contribution in [3.63, 3.8) is 0 Å². The smallest absolute Gasteiger partial charge is 0.306 e. The lowest BCUT2D eigenvalue weighted by molar-refractivity contribution is -0.144. The Morgan fingerprint density at radius 2 is 1.06 bits per heavy atom. The maximum atomic E-state index is 12.1. The molecule has 0 fully saturated rings. The zero-order valence-electron chi connectivity index (χ0n) is 32.3. The molecule has 1 aromatic rings. The number of rotatable bonds is 34. The lowest BCUT2D eigenvalue weighted by Gasteiger charge is -2.16. The van der Waals surface area contributed by atoms with Gasteiger partial charge in [-0.15, -0.1) is 0 Å². The van der Waals surface area contributed by atoms with E-state index >= 15 is 0 Å². The number of aliphatic imine (C=N–C) groups is 1. The molecule has 0 aliphatic rings. The molecule has 0 aliphatic carbocycles. The van der Waals surface area contributed by atoms with Gasteiger partial charge in [0.25, 0.3) is 0 Å². The Labute approximate surface area is 305 Å². The van der Waals surface area contributed by atoms with Gasteiger partial charge in [0, 0.05) is 24.3 Å². The molecular weight excluding hydrogens is 630 g/mol. The molecule has 8 nitrogen and oxygen atoms in total. The maximum absolute atomic E-state index is 12.1. The number of carbonyl (C=O) groups is 2. The summed E-state index contributed by atoms with van der Waals surface area (Å²) in [6.45, 7) is 7.65. The summed E-state index contributed by atoms with van der Waals surface area (Å²) >= 11 is 0. The maximum Gasteiger partial charge on any atom is 0.306 e. The molecule has 0 aromatic heterocycles. The van der Waals surface area contributed by atoms with E-state index in [9.17, 15) is 19.8 Å². The topological polar surface area (TPSA) is 115 Å². The molecule has 8 heteroatoms. The predicted molar refractivity (Wildman–Crippen MR) is 206 cm³/mol. The van der Waals surface area contributed by atoms with Gasteiger partial charge in [-0.05, 0) is 38.5 Å². The second-order valence-corrected chi connectivity index (χ2v) is 13.8. The minimum Gasteiger partial charge on any atom is -0.505 e. The Morgan fingerprint density at radius 3 is 1.58 bits per heavy atom. The normalized spacial score (nSPS) is 11.3. The first kappa shape index (κ1) is 45.3. The first-order valence-electron chi connectivity index (χ1n) is 20.5. The Balaban J connectivity index is 2.63. The summed E-state index contributed by atoms with van der Waals surface area (Å²) < 4.78 is 16.6. The largest absolute Gasteiger partial charge is 0.505 e. The first-order chi connectivity index (χ1) is 24.4. The van der Waals surface area contributed by atoms with Crippen molar-refractivity contribution in [2.75, 3.05) is 19.8 Å². The molecule has 0 atom stereocenters. The fraction of sp³-hybridized carbons (Fsp3) is 0.786. The van der Waals surface area contributed by atoms with Crippen LogP contribution >= 0.6 is 0 Å². The first-order valence-corrected chi connectivity index (χ1v) is 20.5. The Hall–Kier alpha value is -2.77. The van der Waals surface area contributed by atoms with Crippen molar-refractivity contribution < 1.29 is 34.0 Å². The number of unbranched alkanes of at least 4 members (excludes halogenated alkanes) is 19. The number of hydrogen-bond acceptors (Lipinski definition) is 8. The van der Waals surface area contributed by atoms with E-state index in [1.54, 1.807) is 6.21 Å². The Morgan fingerprint density at radius 1 is 0.600 bits per heavy atom. The van der Waals surface area contributed by atoms with Crippen molar-refractivity contribution in [3.05, 3.63) is 11.6 Å². The van der Waals surface area contributed by atoms with Gasteiger partial charge in [0.1, 0.15) is 11.4 Å². The van der Waals surface area contributed by atoms with Gasteiger partial charge in [0.05, 0.1) is 26.2 Å². The molecule has 0 radical (unpaired) electrons. The number of carbonyl (C=O) groups excluding carboxylic acids is 2. The average Bonchev–Trinajstić information content (AvgIpc) is 3.10. The third-order valence-corrected chi connectivity index (χ3v) is 9.09. The standard InChI is InChI=1S/C42H73NO7/c1-4-7-10-13-14-15-16-17-18-19-20-21-22-23-28-36-41(47)37(43-31-26-29-39(45)48-32-24-11-8-5-2)35-38(44)42(36)50-34-27-30-40(46)49-33-25-12-9-6-3/h31,35,44,47H,4-30,32-34H2,1-3H3. The van der Waals surface area contributed by atoms with Crippen molar-refractivity contribution in [1.29, 1.82) is 0 Å². The van der Waals surface area contributed by atoms with Crippen LogP contribution < -0.4 is 4.74 Å². The summed E-state index contributed by atoms with van der Waals surface area (Å²) in [6, 6.07) is 1.40. The molecule has 0 amide bonds. The third-order valence-electron chi connectivity index (χ3n) is 9.09. The van der Waals surface area contributed by atoms with E-state index in [1.807, 2.05) is 0 Å². The molecule has 0 saturated heterocycles. The van der Waals surface area contributed by atoms with Gasteiger partial charge >= 0.3 is 11.9 Å². The van der Waals surface area contributed by atoms with Crippen molar-refractivity contribution in [2.24, 2.45) is 4.99 Å². The van der Waals surface area contributed by atoms with Crippen molar-refractivity contribution in [1.82, 2.24) is 0 Å². The van der Waals surface area contributed by atoms with Crippen LogP contribution in [0.15, 0.2) is 11.1 Å². The highest BCUT2D eigenvalue weighted by Crippen LogP contribution is 2.44. The van der Waals surface area contributed by atoms with E-state index in [0.29, 0.717) is 38.0 Å². The van der Waals surface area contributed by atoms with Crippen LogP contribution in [-0.2, 0) is 25.5 Å². The molecule has 0 aliphatic heterocycles. The Kier molecular flexibility index (Phi) is 29.1. The molecule has 288 valence electrons. The van der Waals surface area contributed by atoms with Crippen LogP contribution in [0.1, 0.15) is 193 Å². The SMILES string of the molecule is CCCCCCCCCCCCCCCCc1c(O)c(N=CCCC(=O)OCCCCCC)cc(O)c1OCCCC(=O)OCCCCCC. The summed E-state index contributed by atoms with van der Waals surface area (Å²) in [6.07, 6.45) is 29.4. The number of aromatic hydroxyl groups is 2. The summed E-state index contributed by atoms with van der Waals surface area (Å²) in [4.78, 5) is 28.6. The number of esters is 2. The lowest BCUT2D eigenvalue weighted by atomic mass is 10.0. The monoisotopic (exact) mass is 704 g/mol. The molecule has 0 saturated carbocycles. The van der Waals surface area contributed by atoms with Crippen molar-refractivity contribution in [3.8, 4) is 17.2 Å². The van der Waals surface area contributed by atoms with Gasteiger partial charge in [-0.3, -0.25) is 14.6 Å². The summed E-state index contributed by atoms with van der Waals surface area (Å²) in [5.74, 6) is -0.378. The number of hydrogen-bond donors (Lipinski definition) is 2. The van der Waals surface area contributed by atoms with Crippen molar-refractivity contribution >= 4 is 23.8 Å². The highest BCUT2D eigenvalue weighted by molar-refractivity contribution is 5.76. The van der Waals surface area contributed by atoms with Gasteiger partial charge < -0.3 is 24.4 Å². The van der Waals surface area contributed by atoms with Crippen LogP contribution in [0.2, 0.25) is 0 Å². The fourth-order valence-corrected chi connectivity index (χ4v) is 5.98. The van der Waals surface area contributed by atoms with Crippen LogP contribution in [0.3, 0.4) is 0 Å². The summed E-state index contributed by atoms with van der Waals surface area (Å²) in [5, 5.41) is 22.2. The number of nitrogens with zero attached hydrogens (tertiary/aromatic N) is 1. The van der Waals surface area contributed by atoms with Crippen LogP contribution in [0.5, 0.6) is 17.2 Å². The molecule has 0 unspecified atom stereocenters. The van der Waals surface area contributed by atoms with Crippen LogP contribution in [0, 0.1) is 0 Å². The average molecular weight is 704 g/mol. The zero-order valence-corrected chi connectivity index (χ0v) is 32.3. The van der Waals surface area contributed by atoms with Gasteiger partial charge in [0.2, 0.25) is 0 Å². The number of ether oxygens (including phenoxy) is 3. The van der Waals surface area contributed by atoms with E-state index < -0.39 is 0 Å². The van der Waals surface area contributed by atoms with E-state index in [2.05, 4.69) is 25.8 Å². The molecular formula is C42H73NO7. The molecule has 0 spiro atoms. The van der Waals surface area contributed by atoms with E-state index in [1.165, 1.54) is 76.7 Å². The number of phenolic OH excluding ortho intramolecular Hbond substituents is 2. The summed E-state index contributed by atoms with van der Waals surface area (Å²) in [7, 11) is 0. The molecule has 2 N–H and O–H groups in total. The molecule has 1 aromatic carbocycles. The summed E-state index contributed by atoms with van der Waals surface area (Å²) in [5.41, 5.74) is 0.774. The minimum atomic E-state index is -0.261. The highest BCUT2D eigenvalue weighted by Gasteiger charge is 2.19. The van der Waals surface area contributed by atoms with E-state index in [0.717, 1.165) is 70.6 Å². The quantitative estimate of drug-likeness (QED) is 0.0318. The van der Waals surface area contributed by atoms with Gasteiger partial charge in [-0.25, -0.2) is 0 Å². The number of phenols is 2. The Bertz CT molecular complexity index is 1030. The van der Waals surface area contributed by atoms with Gasteiger partial charge in [-0.2, -0.15) is 0 Å². The van der Waals surface area contributed by atoms with Crippen LogP contribution in [0.25, 0.3) is 0 Å². The van der Waals surface area contributed by atoms with E-state index in [-0.39, 0.29) is 54.3 Å². The molecule has 0 heterocycles. The minimum absolute atomic E-state index is 0.0197. The van der Waals surface area contributed by atoms with Crippen LogP contribution in [0.4, 0.5) is 5.69 Å². The van der Waals surface area contributed by atoms with Crippen LogP contribution in [-0.4, -0.2) is 48.2 Å². The highest BCUT2D eigenvalue weighted by atomic mass is 16.5. The molecule has 1 rings (SSSR count). The predicted octanol–water partition coefficient (Wildman–Crippen LogP) is 12.0. The lowest BCUT2D eigenvalue weighted by Crippen LogP contribution is -2.09. The molecule has 0 bridgehead atoms. The van der Waals surface area contributed by atoms with Gasteiger partial charge in [0.15, 0.2) is 11.5 Å². The third kappa shape index (κ3) is 23.6.